The average Bonchev–Trinajstić information content (AvgIpc) is 2.38. The summed E-state index contributed by atoms with van der Waals surface area (Å²) in [7, 11) is -3.82. The summed E-state index contributed by atoms with van der Waals surface area (Å²) >= 11 is 5.95. The van der Waals surface area contributed by atoms with Crippen LogP contribution in [0.1, 0.15) is 12.8 Å². The molecule has 1 aliphatic rings. The minimum absolute atomic E-state index is 0.0718. The van der Waals surface area contributed by atoms with Gasteiger partial charge in [-0.05, 0) is 25.0 Å². The lowest BCUT2D eigenvalue weighted by molar-refractivity contribution is -0.122. The van der Waals surface area contributed by atoms with Crippen molar-refractivity contribution in [2.24, 2.45) is 11.7 Å². The minimum atomic E-state index is -3.82. The second-order valence-electron chi connectivity index (χ2n) is 4.76. The molecule has 4 N–H and O–H groups in total. The Kier molecular flexibility index (Phi) is 4.22. The Morgan fingerprint density at radius 3 is 2.70 bits per heavy atom. The molecule has 2 rings (SSSR count). The number of nitrogens with two attached hydrogens (primary N) is 2. The van der Waals surface area contributed by atoms with E-state index in [1.807, 2.05) is 0 Å². The highest BCUT2D eigenvalue weighted by Crippen LogP contribution is 2.32. The van der Waals surface area contributed by atoms with Gasteiger partial charge in [-0.3, -0.25) is 4.79 Å². The number of hydrogen-bond acceptors (Lipinski definition) is 4. The fraction of sp³-hybridized carbons (Fsp3) is 0.417. The Bertz CT molecular complexity index is 613. The molecule has 1 fully saturated rings. The summed E-state index contributed by atoms with van der Waals surface area (Å²) in [5, 5.41) is 0.0752. The Balaban J connectivity index is 2.38. The fourth-order valence-corrected chi connectivity index (χ4v) is 4.48. The molecule has 1 aromatic carbocycles. The van der Waals surface area contributed by atoms with Gasteiger partial charge in [-0.25, -0.2) is 8.42 Å². The van der Waals surface area contributed by atoms with E-state index in [9.17, 15) is 13.2 Å². The lowest BCUT2D eigenvalue weighted by Crippen LogP contribution is -2.44. The Hall–Kier alpha value is -1.31. The first-order valence-electron chi connectivity index (χ1n) is 6.17. The molecule has 0 saturated carbocycles. The number of anilines is 1. The van der Waals surface area contributed by atoms with Crippen molar-refractivity contribution >= 4 is 33.2 Å². The van der Waals surface area contributed by atoms with Gasteiger partial charge >= 0.3 is 0 Å². The van der Waals surface area contributed by atoms with Gasteiger partial charge in [-0.2, -0.15) is 4.31 Å². The molecular formula is C12H16ClN3O3S. The van der Waals surface area contributed by atoms with Gasteiger partial charge in [0.15, 0.2) is 0 Å². The zero-order valence-corrected chi connectivity index (χ0v) is 12.3. The minimum Gasteiger partial charge on any atom is -0.398 e. The predicted octanol–water partition coefficient (Wildman–Crippen LogP) is 0.808. The third-order valence-electron chi connectivity index (χ3n) is 3.38. The van der Waals surface area contributed by atoms with E-state index in [1.165, 1.54) is 16.4 Å². The van der Waals surface area contributed by atoms with Gasteiger partial charge in [0.2, 0.25) is 15.9 Å². The number of nitrogen functional groups attached to an aromatic ring is 1. The molecule has 1 amide bonds. The number of carbonyl (C=O) groups is 1. The normalized spacial score (nSPS) is 20.8. The van der Waals surface area contributed by atoms with Crippen LogP contribution in [0.5, 0.6) is 0 Å². The highest BCUT2D eigenvalue weighted by molar-refractivity contribution is 7.89. The van der Waals surface area contributed by atoms with Crippen LogP contribution in [0.15, 0.2) is 23.1 Å². The van der Waals surface area contributed by atoms with Crippen molar-refractivity contribution in [3.05, 3.63) is 23.2 Å². The number of amides is 1. The Morgan fingerprint density at radius 1 is 1.40 bits per heavy atom. The second-order valence-corrected chi connectivity index (χ2v) is 7.04. The molecule has 110 valence electrons. The van der Waals surface area contributed by atoms with Crippen molar-refractivity contribution in [1.82, 2.24) is 4.31 Å². The smallest absolute Gasteiger partial charge is 0.246 e. The maximum Gasteiger partial charge on any atom is 0.246 e. The summed E-state index contributed by atoms with van der Waals surface area (Å²) in [5.74, 6) is -0.959. The quantitative estimate of drug-likeness (QED) is 0.804. The molecule has 0 bridgehead atoms. The number of sulfonamides is 1. The molecule has 1 aliphatic heterocycles. The van der Waals surface area contributed by atoms with Crippen LogP contribution in [0.2, 0.25) is 5.02 Å². The van der Waals surface area contributed by atoms with Crippen molar-refractivity contribution in [2.45, 2.75) is 17.7 Å². The van der Waals surface area contributed by atoms with Gasteiger partial charge < -0.3 is 11.5 Å². The van der Waals surface area contributed by atoms with Gasteiger partial charge in [0.1, 0.15) is 4.90 Å². The van der Waals surface area contributed by atoms with E-state index in [1.54, 1.807) is 6.07 Å². The van der Waals surface area contributed by atoms with E-state index in [0.717, 1.165) is 0 Å². The summed E-state index contributed by atoms with van der Waals surface area (Å²) in [4.78, 5) is 11.1. The standard InChI is InChI=1S/C12H16ClN3O3S/c13-9-4-1-5-10(14)11(9)20(18,19)16-6-2-3-8(7-16)12(15)17/h1,4-5,8H,2-3,6-7,14H2,(H2,15,17). The highest BCUT2D eigenvalue weighted by atomic mass is 35.5. The van der Waals surface area contributed by atoms with Crippen LogP contribution < -0.4 is 11.5 Å². The van der Waals surface area contributed by atoms with Gasteiger partial charge in [0.25, 0.3) is 0 Å². The van der Waals surface area contributed by atoms with E-state index in [0.29, 0.717) is 19.4 Å². The van der Waals surface area contributed by atoms with Crippen molar-refractivity contribution < 1.29 is 13.2 Å². The molecule has 1 saturated heterocycles. The number of halogens is 1. The zero-order valence-electron chi connectivity index (χ0n) is 10.8. The summed E-state index contributed by atoms with van der Waals surface area (Å²) in [5.41, 5.74) is 11.1. The molecule has 20 heavy (non-hydrogen) atoms. The van der Waals surface area contributed by atoms with Crippen LogP contribution in [-0.4, -0.2) is 31.7 Å². The van der Waals surface area contributed by atoms with Gasteiger partial charge in [-0.1, -0.05) is 17.7 Å². The lowest BCUT2D eigenvalue weighted by Gasteiger charge is -2.30. The number of nitrogens with zero attached hydrogens (tertiary/aromatic N) is 1. The maximum absolute atomic E-state index is 12.6. The van der Waals surface area contributed by atoms with Crippen LogP contribution in [0.3, 0.4) is 0 Å². The van der Waals surface area contributed by atoms with Crippen molar-refractivity contribution in [3.8, 4) is 0 Å². The molecule has 0 aromatic heterocycles. The van der Waals surface area contributed by atoms with E-state index < -0.39 is 21.8 Å². The summed E-state index contributed by atoms with van der Waals surface area (Å²) in [6.07, 6.45) is 1.18. The van der Waals surface area contributed by atoms with Gasteiger partial charge in [-0.15, -0.1) is 0 Å². The summed E-state index contributed by atoms with van der Waals surface area (Å²) in [6, 6.07) is 4.54. The van der Waals surface area contributed by atoms with Crippen LogP contribution in [0, 0.1) is 5.92 Å². The van der Waals surface area contributed by atoms with Crippen molar-refractivity contribution in [1.29, 1.82) is 0 Å². The molecule has 0 spiro atoms. The molecule has 1 aromatic rings. The number of rotatable bonds is 3. The Labute approximate surface area is 122 Å². The van der Waals surface area contributed by atoms with E-state index in [4.69, 9.17) is 23.1 Å². The molecule has 0 radical (unpaired) electrons. The topological polar surface area (TPSA) is 106 Å². The van der Waals surface area contributed by atoms with E-state index in [2.05, 4.69) is 0 Å². The molecular weight excluding hydrogens is 302 g/mol. The highest BCUT2D eigenvalue weighted by Gasteiger charge is 2.34. The molecule has 1 atom stereocenters. The number of benzene rings is 1. The van der Waals surface area contributed by atoms with Gasteiger partial charge in [0, 0.05) is 13.1 Å². The predicted molar refractivity (Wildman–Crippen MR) is 76.5 cm³/mol. The summed E-state index contributed by atoms with van der Waals surface area (Å²) < 4.78 is 26.4. The van der Waals surface area contributed by atoms with Gasteiger partial charge in [0.05, 0.1) is 16.6 Å². The number of piperidine rings is 1. The van der Waals surface area contributed by atoms with Crippen LogP contribution >= 0.6 is 11.6 Å². The largest absolute Gasteiger partial charge is 0.398 e. The fourth-order valence-electron chi connectivity index (χ4n) is 2.32. The maximum atomic E-state index is 12.6. The molecule has 6 nitrogen and oxygen atoms in total. The number of carbonyl (C=O) groups excluding carboxylic acids is 1. The second kappa shape index (κ2) is 5.59. The Morgan fingerprint density at radius 2 is 2.10 bits per heavy atom. The first-order valence-corrected chi connectivity index (χ1v) is 7.99. The number of primary amides is 1. The molecule has 8 heteroatoms. The van der Waals surface area contributed by atoms with Crippen LogP contribution in [0.25, 0.3) is 0 Å². The lowest BCUT2D eigenvalue weighted by atomic mass is 9.99. The third kappa shape index (κ3) is 2.74. The first-order chi connectivity index (χ1) is 9.34. The molecule has 1 unspecified atom stereocenters. The molecule has 0 aliphatic carbocycles. The van der Waals surface area contributed by atoms with E-state index in [-0.39, 0.29) is 22.2 Å². The first kappa shape index (κ1) is 15.1. The average molecular weight is 318 g/mol. The van der Waals surface area contributed by atoms with Crippen LogP contribution in [-0.2, 0) is 14.8 Å². The zero-order chi connectivity index (χ0) is 14.9. The van der Waals surface area contributed by atoms with Crippen molar-refractivity contribution in [2.75, 3.05) is 18.8 Å². The third-order valence-corrected chi connectivity index (χ3v) is 5.79. The monoisotopic (exact) mass is 317 g/mol. The van der Waals surface area contributed by atoms with Crippen molar-refractivity contribution in [3.63, 3.8) is 0 Å². The van der Waals surface area contributed by atoms with E-state index >= 15 is 0 Å². The SMILES string of the molecule is NC(=O)C1CCCN(S(=O)(=O)c2c(N)cccc2Cl)C1. The summed E-state index contributed by atoms with van der Waals surface area (Å²) in [6.45, 7) is 0.402. The molecule has 1 heterocycles. The van der Waals surface area contributed by atoms with Crippen LogP contribution in [0.4, 0.5) is 5.69 Å². The number of hydrogen-bond donors (Lipinski definition) is 2.